The van der Waals surface area contributed by atoms with Gasteiger partial charge >= 0.3 is 0 Å². The first-order valence-electron chi connectivity index (χ1n) is 1.35. The molecule has 0 aliphatic carbocycles. The second kappa shape index (κ2) is 17.1. The van der Waals surface area contributed by atoms with Crippen LogP contribution in [0.2, 0.25) is 0 Å². The van der Waals surface area contributed by atoms with Crippen molar-refractivity contribution in [1.82, 2.24) is 0 Å². The van der Waals surface area contributed by atoms with Crippen LogP contribution in [0.5, 0.6) is 0 Å². The fourth-order valence-corrected chi connectivity index (χ4v) is 0. The van der Waals surface area contributed by atoms with Crippen LogP contribution in [0.25, 0.3) is 0 Å². The van der Waals surface area contributed by atoms with Gasteiger partial charge in [0.25, 0.3) is 0 Å². The van der Waals surface area contributed by atoms with Crippen molar-refractivity contribution in [1.29, 1.82) is 0 Å². The van der Waals surface area contributed by atoms with E-state index in [9.17, 15) is 4.79 Å². The Labute approximate surface area is 60.5 Å². The third-order valence-electron chi connectivity index (χ3n) is 0.167. The molecule has 0 saturated carbocycles. The zero-order valence-electron chi connectivity index (χ0n) is 3.14. The van der Waals surface area contributed by atoms with Crippen molar-refractivity contribution in [2.45, 2.75) is 13.3 Å². The Kier molecular flexibility index (Phi) is 45.1. The van der Waals surface area contributed by atoms with Crippen LogP contribution in [0, 0.1) is 0 Å². The molecule has 0 saturated heterocycles. The van der Waals surface area contributed by atoms with Crippen LogP contribution in [0.1, 0.15) is 13.3 Å². The molecule has 0 rings (SSSR count). The number of carbonyl (C=O) groups excluding carboxylic acids is 1. The Morgan fingerprint density at radius 2 is 1.83 bits per heavy atom. The minimum absolute atomic E-state index is 0. The quantitative estimate of drug-likeness (QED) is 0.350. The maximum Gasteiger partial charge on any atom is 0.187 e. The molecule has 0 bridgehead atoms. The molecule has 35 valence electrons. The van der Waals surface area contributed by atoms with Gasteiger partial charge in [0, 0.05) is 25.0 Å². The van der Waals surface area contributed by atoms with Gasteiger partial charge in [-0.2, -0.15) is 0 Å². The molecule has 1 nitrogen and oxygen atoms in total. The monoisotopic (exact) mass is 139 g/mol. The number of hydrogen-bond donors (Lipinski definition) is 0. The van der Waals surface area contributed by atoms with Gasteiger partial charge in [-0.15, -0.1) is 0 Å². The van der Waals surface area contributed by atoms with Gasteiger partial charge in [0.1, 0.15) is 6.29 Å². The summed E-state index contributed by atoms with van der Waals surface area (Å²) in [5.41, 5.74) is 0. The van der Waals surface area contributed by atoms with Crippen molar-refractivity contribution in [2.24, 2.45) is 0 Å². The predicted octanol–water partition coefficient (Wildman–Crippen LogP) is -0.591. The van der Waals surface area contributed by atoms with E-state index in [1.807, 2.05) is 6.92 Å². The van der Waals surface area contributed by atoms with E-state index in [0.717, 1.165) is 6.29 Å². The number of rotatable bonds is 1. The summed E-state index contributed by atoms with van der Waals surface area (Å²) in [6.07, 6.45) is 1.51. The predicted molar refractivity (Wildman–Crippen MR) is 26.3 cm³/mol. The summed E-state index contributed by atoms with van der Waals surface area (Å²) >= 11 is 0. The summed E-state index contributed by atoms with van der Waals surface area (Å²) in [4.78, 5) is 9.17. The minimum atomic E-state index is 0. The van der Waals surface area contributed by atoms with Gasteiger partial charge in [0.2, 0.25) is 0 Å². The maximum atomic E-state index is 9.17. The van der Waals surface area contributed by atoms with E-state index in [0.29, 0.717) is 6.42 Å². The largest absolute Gasteiger partial charge is 0.303 e. The zero-order chi connectivity index (χ0) is 3.41. The van der Waals surface area contributed by atoms with E-state index in [2.05, 4.69) is 0 Å². The molecule has 0 atom stereocenters. The second-order valence-electron chi connectivity index (χ2n) is 0.575. The maximum absolute atomic E-state index is 9.17. The smallest absolute Gasteiger partial charge is 0.187 e. The van der Waals surface area contributed by atoms with E-state index in [4.69, 9.17) is 0 Å². The Balaban J connectivity index is -0.0000000450. The summed E-state index contributed by atoms with van der Waals surface area (Å²) in [5, 5.41) is 0. The van der Waals surface area contributed by atoms with Gasteiger partial charge in [0.05, 0.1) is 0 Å². The van der Waals surface area contributed by atoms with Crippen LogP contribution < -0.4 is 0 Å². The zero-order valence-corrected chi connectivity index (χ0v) is 4.54. The molecular weight excluding hydrogens is 130 g/mol. The SMILES string of the molecule is CCC=O.[AlH3].[V]. The topological polar surface area (TPSA) is 17.1 Å². The first kappa shape index (κ1) is 15.8. The van der Waals surface area contributed by atoms with Gasteiger partial charge in [-0.1, -0.05) is 6.92 Å². The van der Waals surface area contributed by atoms with Crippen LogP contribution in [-0.2, 0) is 23.4 Å². The molecule has 0 aromatic heterocycles. The molecule has 1 radical (unpaired) electrons. The first-order chi connectivity index (χ1) is 1.91. The van der Waals surface area contributed by atoms with Gasteiger partial charge in [-0.3, -0.25) is 0 Å². The number of aldehydes is 1. The Hall–Kier alpha value is 0.787. The van der Waals surface area contributed by atoms with Crippen LogP contribution in [0.15, 0.2) is 0 Å². The van der Waals surface area contributed by atoms with Crippen molar-refractivity contribution in [3.63, 3.8) is 0 Å². The van der Waals surface area contributed by atoms with E-state index in [-0.39, 0.29) is 35.9 Å². The fourth-order valence-electron chi connectivity index (χ4n) is 0. The third-order valence-corrected chi connectivity index (χ3v) is 0.167. The van der Waals surface area contributed by atoms with Crippen molar-refractivity contribution in [2.75, 3.05) is 0 Å². The Morgan fingerprint density at radius 3 is 1.83 bits per heavy atom. The molecule has 0 aliphatic rings. The first-order valence-corrected chi connectivity index (χ1v) is 1.35. The third kappa shape index (κ3) is 21.5. The fraction of sp³-hybridized carbons (Fsp3) is 0.667. The van der Waals surface area contributed by atoms with E-state index < -0.39 is 0 Å². The summed E-state index contributed by atoms with van der Waals surface area (Å²) in [6, 6.07) is 0. The molecule has 0 unspecified atom stereocenters. The van der Waals surface area contributed by atoms with E-state index >= 15 is 0 Å². The average Bonchev–Trinajstić information content (AvgIpc) is 1.37. The summed E-state index contributed by atoms with van der Waals surface area (Å²) in [7, 11) is 0. The van der Waals surface area contributed by atoms with Crippen molar-refractivity contribution in [3.05, 3.63) is 0 Å². The average molecular weight is 139 g/mol. The van der Waals surface area contributed by atoms with Crippen LogP contribution in [0.3, 0.4) is 0 Å². The minimum Gasteiger partial charge on any atom is -0.303 e. The Bertz CT molecular complexity index is 24.8. The molecule has 0 aliphatic heterocycles. The molecule has 0 N–H and O–H groups in total. The molecule has 0 fully saturated rings. The summed E-state index contributed by atoms with van der Waals surface area (Å²) in [5.74, 6) is 0. The van der Waals surface area contributed by atoms with Crippen LogP contribution >= 0.6 is 0 Å². The summed E-state index contributed by atoms with van der Waals surface area (Å²) in [6.45, 7) is 1.81. The molecule has 0 aromatic rings. The molecule has 3 heteroatoms. The second-order valence-corrected chi connectivity index (χ2v) is 0.575. The van der Waals surface area contributed by atoms with Crippen molar-refractivity contribution < 1.29 is 23.4 Å². The van der Waals surface area contributed by atoms with Crippen LogP contribution in [-0.4, -0.2) is 23.6 Å². The number of hydrogen-bond acceptors (Lipinski definition) is 1. The molecule has 0 heterocycles. The Morgan fingerprint density at radius 1 is 1.67 bits per heavy atom. The molecule has 0 aromatic carbocycles. The normalized spacial score (nSPS) is 4.17. The van der Waals surface area contributed by atoms with Crippen LogP contribution in [0.4, 0.5) is 0 Å². The van der Waals surface area contributed by atoms with Gasteiger partial charge in [0.15, 0.2) is 17.4 Å². The van der Waals surface area contributed by atoms with E-state index in [1.54, 1.807) is 0 Å². The molecule has 0 amide bonds. The van der Waals surface area contributed by atoms with Gasteiger partial charge in [-0.25, -0.2) is 0 Å². The van der Waals surface area contributed by atoms with Gasteiger partial charge in [-0.05, 0) is 0 Å². The molecule has 6 heavy (non-hydrogen) atoms. The van der Waals surface area contributed by atoms with Crippen molar-refractivity contribution >= 4 is 23.6 Å². The van der Waals surface area contributed by atoms with Gasteiger partial charge < -0.3 is 4.79 Å². The summed E-state index contributed by atoms with van der Waals surface area (Å²) < 4.78 is 0. The van der Waals surface area contributed by atoms with E-state index in [1.165, 1.54) is 0 Å². The standard InChI is InChI=1S/C3H6O.Al.V.3H/c1-2-3-4;;;;;/h3H,2H2,1H3;;;;;. The van der Waals surface area contributed by atoms with Crippen molar-refractivity contribution in [3.8, 4) is 0 Å². The number of carbonyl (C=O) groups is 1. The molecule has 0 spiro atoms. The molecular formula is C3H9AlOV.